The Balaban J connectivity index is 1.86. The van der Waals surface area contributed by atoms with Gasteiger partial charge < -0.3 is 14.5 Å². The molecule has 0 amide bonds. The lowest BCUT2D eigenvalue weighted by Gasteiger charge is -2.37. The van der Waals surface area contributed by atoms with Crippen molar-refractivity contribution in [1.29, 1.82) is 5.26 Å². The minimum atomic E-state index is -0.801. The summed E-state index contributed by atoms with van der Waals surface area (Å²) in [6.07, 6.45) is 0. The van der Waals surface area contributed by atoms with Crippen molar-refractivity contribution < 1.29 is 18.4 Å². The summed E-state index contributed by atoms with van der Waals surface area (Å²) in [7, 11) is 1.29. The van der Waals surface area contributed by atoms with Gasteiger partial charge in [-0.3, -0.25) is 10.1 Å². The third kappa shape index (κ3) is 3.46. The molecule has 3 rings (SSSR count). The van der Waals surface area contributed by atoms with Crippen LogP contribution in [0.15, 0.2) is 30.3 Å². The number of hydrogen-bond donors (Lipinski definition) is 0. The smallest absolute Gasteiger partial charge is 0.295 e. The molecule has 0 unspecified atom stereocenters. The Bertz CT molecular complexity index is 922. The van der Waals surface area contributed by atoms with Gasteiger partial charge in [-0.1, -0.05) is 6.07 Å². The van der Waals surface area contributed by atoms with Gasteiger partial charge in [-0.25, -0.2) is 8.78 Å². The summed E-state index contributed by atoms with van der Waals surface area (Å²) in [5.74, 6) is -1.46. The van der Waals surface area contributed by atoms with Crippen LogP contribution >= 0.6 is 0 Å². The standard InChI is InChI=1S/C18H16F2N4O3/c1-27-18-10-16(17(24(25)26)9-14(18)20)23-7-5-22(6-8-23)15-4-2-3-13(19)12(15)11-21/h2-4,9-10H,5-8H2,1H3. The summed E-state index contributed by atoms with van der Waals surface area (Å²) < 4.78 is 32.6. The minimum Gasteiger partial charge on any atom is -0.494 e. The Kier molecular flexibility index (Phi) is 5.07. The van der Waals surface area contributed by atoms with Crippen molar-refractivity contribution in [2.24, 2.45) is 0 Å². The lowest BCUT2D eigenvalue weighted by Crippen LogP contribution is -2.47. The normalized spacial score (nSPS) is 14.0. The monoisotopic (exact) mass is 374 g/mol. The summed E-state index contributed by atoms with van der Waals surface area (Å²) in [4.78, 5) is 14.3. The fourth-order valence-corrected chi connectivity index (χ4v) is 3.16. The van der Waals surface area contributed by atoms with Gasteiger partial charge in [0.1, 0.15) is 23.1 Å². The van der Waals surface area contributed by atoms with Gasteiger partial charge in [0.15, 0.2) is 11.6 Å². The van der Waals surface area contributed by atoms with Gasteiger partial charge in [0.25, 0.3) is 5.69 Å². The lowest BCUT2D eigenvalue weighted by atomic mass is 10.1. The molecule has 0 radical (unpaired) electrons. The van der Waals surface area contributed by atoms with Crippen LogP contribution in [0, 0.1) is 33.1 Å². The number of methoxy groups -OCH3 is 1. The number of anilines is 2. The van der Waals surface area contributed by atoms with Crippen LogP contribution in [-0.2, 0) is 0 Å². The molecule has 1 saturated heterocycles. The van der Waals surface area contributed by atoms with E-state index in [0.29, 0.717) is 31.9 Å². The van der Waals surface area contributed by atoms with Crippen LogP contribution in [0.1, 0.15) is 5.56 Å². The van der Waals surface area contributed by atoms with Crippen LogP contribution in [0.25, 0.3) is 0 Å². The van der Waals surface area contributed by atoms with Crippen molar-refractivity contribution in [2.45, 2.75) is 0 Å². The first-order valence-corrected chi connectivity index (χ1v) is 8.16. The predicted octanol–water partition coefficient (Wildman–Crippen LogP) is 3.08. The molecule has 2 aromatic carbocycles. The molecule has 2 aromatic rings. The fourth-order valence-electron chi connectivity index (χ4n) is 3.16. The molecule has 0 atom stereocenters. The molecular formula is C18H16F2N4O3. The Morgan fingerprint density at radius 1 is 1.11 bits per heavy atom. The van der Waals surface area contributed by atoms with Crippen LogP contribution in [-0.4, -0.2) is 38.2 Å². The number of halogens is 2. The van der Waals surface area contributed by atoms with Gasteiger partial charge in [-0.2, -0.15) is 5.26 Å². The third-order valence-electron chi connectivity index (χ3n) is 4.51. The van der Waals surface area contributed by atoms with Crippen molar-refractivity contribution in [3.63, 3.8) is 0 Å². The number of hydrogen-bond acceptors (Lipinski definition) is 6. The lowest BCUT2D eigenvalue weighted by molar-refractivity contribution is -0.384. The van der Waals surface area contributed by atoms with E-state index in [0.717, 1.165) is 6.07 Å². The maximum absolute atomic E-state index is 13.8. The van der Waals surface area contributed by atoms with Crippen LogP contribution < -0.4 is 14.5 Å². The van der Waals surface area contributed by atoms with Crippen molar-refractivity contribution in [2.75, 3.05) is 43.1 Å². The summed E-state index contributed by atoms with van der Waals surface area (Å²) in [5.41, 5.74) is 0.381. The van der Waals surface area contributed by atoms with E-state index >= 15 is 0 Å². The van der Waals surface area contributed by atoms with Gasteiger partial charge >= 0.3 is 0 Å². The molecule has 0 aromatic heterocycles. The zero-order valence-electron chi connectivity index (χ0n) is 14.5. The third-order valence-corrected chi connectivity index (χ3v) is 4.51. The molecule has 1 heterocycles. The highest BCUT2D eigenvalue weighted by atomic mass is 19.1. The van der Waals surface area contributed by atoms with Crippen LogP contribution in [0.4, 0.5) is 25.8 Å². The molecule has 1 aliphatic rings. The average molecular weight is 374 g/mol. The van der Waals surface area contributed by atoms with Gasteiger partial charge in [-0.15, -0.1) is 0 Å². The van der Waals surface area contributed by atoms with E-state index in [9.17, 15) is 24.2 Å². The largest absolute Gasteiger partial charge is 0.494 e. The van der Waals surface area contributed by atoms with Crippen molar-refractivity contribution in [1.82, 2.24) is 0 Å². The van der Waals surface area contributed by atoms with Crippen LogP contribution in [0.5, 0.6) is 5.75 Å². The van der Waals surface area contributed by atoms with E-state index in [1.54, 1.807) is 11.0 Å². The highest BCUT2D eigenvalue weighted by molar-refractivity contribution is 5.68. The molecule has 0 spiro atoms. The SMILES string of the molecule is COc1cc(N2CCN(c3cccc(F)c3C#N)CC2)c([N+](=O)[O-])cc1F. The zero-order valence-corrected chi connectivity index (χ0v) is 14.5. The van der Waals surface area contributed by atoms with Gasteiger partial charge in [0.05, 0.1) is 23.8 Å². The molecular weight excluding hydrogens is 358 g/mol. The second-order valence-electron chi connectivity index (χ2n) is 5.95. The summed E-state index contributed by atoms with van der Waals surface area (Å²) in [5, 5.41) is 20.5. The van der Waals surface area contributed by atoms with E-state index in [1.807, 2.05) is 11.0 Å². The molecule has 1 fully saturated rings. The minimum absolute atomic E-state index is 0.0274. The topological polar surface area (TPSA) is 82.6 Å². The number of nitrogens with zero attached hydrogens (tertiary/aromatic N) is 4. The van der Waals surface area contributed by atoms with Crippen molar-refractivity contribution >= 4 is 17.1 Å². The molecule has 27 heavy (non-hydrogen) atoms. The van der Waals surface area contributed by atoms with E-state index in [4.69, 9.17) is 4.74 Å². The van der Waals surface area contributed by atoms with Gasteiger partial charge in [-0.05, 0) is 12.1 Å². The number of nitro benzene ring substituents is 1. The number of nitro groups is 1. The highest BCUT2D eigenvalue weighted by Crippen LogP contribution is 2.35. The molecule has 9 heteroatoms. The summed E-state index contributed by atoms with van der Waals surface area (Å²) in [6.45, 7) is 1.62. The van der Waals surface area contributed by atoms with Gasteiger partial charge in [0.2, 0.25) is 0 Å². The van der Waals surface area contributed by atoms with E-state index in [2.05, 4.69) is 0 Å². The molecule has 0 N–H and O–H groups in total. The van der Waals surface area contributed by atoms with E-state index in [-0.39, 0.29) is 22.7 Å². The first-order chi connectivity index (χ1) is 13.0. The van der Waals surface area contributed by atoms with E-state index in [1.165, 1.54) is 25.3 Å². The Morgan fingerprint density at radius 3 is 2.30 bits per heavy atom. The highest BCUT2D eigenvalue weighted by Gasteiger charge is 2.27. The Hall–Kier alpha value is -3.41. The van der Waals surface area contributed by atoms with Gasteiger partial charge in [0, 0.05) is 32.2 Å². The first kappa shape index (κ1) is 18.4. The number of benzene rings is 2. The van der Waals surface area contributed by atoms with Crippen molar-refractivity contribution in [3.8, 4) is 11.8 Å². The second kappa shape index (κ2) is 7.45. The first-order valence-electron chi connectivity index (χ1n) is 8.16. The fraction of sp³-hybridized carbons (Fsp3) is 0.278. The number of rotatable bonds is 4. The molecule has 7 nitrogen and oxygen atoms in total. The molecule has 0 bridgehead atoms. The molecule has 0 aliphatic carbocycles. The summed E-state index contributed by atoms with van der Waals surface area (Å²) >= 11 is 0. The van der Waals surface area contributed by atoms with Crippen LogP contribution in [0.2, 0.25) is 0 Å². The summed E-state index contributed by atoms with van der Waals surface area (Å²) in [6, 6.07) is 8.46. The Labute approximate surface area is 154 Å². The Morgan fingerprint density at radius 2 is 1.74 bits per heavy atom. The number of ether oxygens (including phenoxy) is 1. The zero-order chi connectivity index (χ0) is 19.6. The number of nitriles is 1. The predicted molar refractivity (Wildman–Crippen MR) is 95.1 cm³/mol. The van der Waals surface area contributed by atoms with E-state index < -0.39 is 16.6 Å². The number of piperazine rings is 1. The maximum Gasteiger partial charge on any atom is 0.295 e. The van der Waals surface area contributed by atoms with Crippen LogP contribution in [0.3, 0.4) is 0 Å². The maximum atomic E-state index is 13.8. The second-order valence-corrected chi connectivity index (χ2v) is 5.95. The molecule has 140 valence electrons. The molecule has 1 aliphatic heterocycles. The molecule has 0 saturated carbocycles. The average Bonchev–Trinajstić information content (AvgIpc) is 2.67. The quantitative estimate of drug-likeness (QED) is 0.604. The van der Waals surface area contributed by atoms with Crippen molar-refractivity contribution in [3.05, 3.63) is 57.6 Å².